The third kappa shape index (κ3) is 4.00. The summed E-state index contributed by atoms with van der Waals surface area (Å²) in [4.78, 5) is 4.25. The molecule has 2 aromatic rings. The molecule has 0 aliphatic rings. The lowest BCUT2D eigenvalue weighted by Crippen LogP contribution is -2.11. The Hall–Kier alpha value is -2.56. The van der Waals surface area contributed by atoms with Crippen LogP contribution >= 0.6 is 0 Å². The second kappa shape index (κ2) is 7.63. The fraction of sp³-hybridized carbons (Fsp3) is 0.333. The van der Waals surface area contributed by atoms with Crippen molar-refractivity contribution in [1.29, 1.82) is 0 Å². The van der Waals surface area contributed by atoms with E-state index in [2.05, 4.69) is 42.8 Å². The van der Waals surface area contributed by atoms with E-state index in [4.69, 9.17) is 5.73 Å². The van der Waals surface area contributed by atoms with Crippen molar-refractivity contribution < 1.29 is 0 Å². The molecule has 23 heavy (non-hydrogen) atoms. The first-order valence-electron chi connectivity index (χ1n) is 7.94. The summed E-state index contributed by atoms with van der Waals surface area (Å²) >= 11 is 0. The zero-order valence-corrected chi connectivity index (χ0v) is 14.1. The van der Waals surface area contributed by atoms with Gasteiger partial charge in [0.15, 0.2) is 0 Å². The first kappa shape index (κ1) is 16.8. The van der Waals surface area contributed by atoms with Gasteiger partial charge in [0.2, 0.25) is 0 Å². The van der Waals surface area contributed by atoms with Gasteiger partial charge in [-0.05, 0) is 30.5 Å². The van der Waals surface area contributed by atoms with Crippen LogP contribution in [0.25, 0.3) is 11.2 Å². The minimum Gasteiger partial charge on any atom is -0.398 e. The molecule has 0 aliphatic heterocycles. The van der Waals surface area contributed by atoms with Crippen molar-refractivity contribution in [2.24, 2.45) is 10.7 Å². The molecule has 0 radical (unpaired) electrons. The number of rotatable bonds is 7. The van der Waals surface area contributed by atoms with Gasteiger partial charge in [-0.1, -0.05) is 33.4 Å². The first-order chi connectivity index (χ1) is 11.0. The predicted octanol–water partition coefficient (Wildman–Crippen LogP) is 3.30. The van der Waals surface area contributed by atoms with Gasteiger partial charge in [0.1, 0.15) is 5.82 Å². The first-order valence-corrected chi connectivity index (χ1v) is 7.94. The summed E-state index contributed by atoms with van der Waals surface area (Å²) in [5, 5.41) is 7.76. The van der Waals surface area contributed by atoms with E-state index >= 15 is 0 Å². The number of nitrogens with two attached hydrogens (primary N) is 1. The van der Waals surface area contributed by atoms with Crippen molar-refractivity contribution in [1.82, 2.24) is 14.9 Å². The summed E-state index contributed by atoms with van der Waals surface area (Å²) in [5.41, 5.74) is 9.91. The topological polar surface area (TPSA) is 67.7 Å². The van der Waals surface area contributed by atoms with Crippen molar-refractivity contribution in [3.63, 3.8) is 0 Å². The van der Waals surface area contributed by atoms with Gasteiger partial charge in [-0.2, -0.15) is 5.10 Å². The number of aromatic nitrogens is 2. The molecular formula is C18H25N5. The minimum atomic E-state index is 0.287. The third-order valence-corrected chi connectivity index (χ3v) is 3.47. The molecular weight excluding hydrogens is 286 g/mol. The van der Waals surface area contributed by atoms with E-state index in [1.165, 1.54) is 0 Å². The molecule has 2 aromatic heterocycles. The Morgan fingerprint density at radius 2 is 2.26 bits per heavy atom. The van der Waals surface area contributed by atoms with E-state index in [-0.39, 0.29) is 5.92 Å². The van der Waals surface area contributed by atoms with Crippen molar-refractivity contribution >= 4 is 17.4 Å². The van der Waals surface area contributed by atoms with Gasteiger partial charge in [0, 0.05) is 30.2 Å². The summed E-state index contributed by atoms with van der Waals surface area (Å²) in [5.74, 6) is 0.926. The van der Waals surface area contributed by atoms with Crippen molar-refractivity contribution in [3.05, 3.63) is 54.1 Å². The Bertz CT molecular complexity index is 737. The molecule has 0 atom stereocenters. The highest BCUT2D eigenvalue weighted by Crippen LogP contribution is 2.26. The van der Waals surface area contributed by atoms with Crippen LogP contribution in [-0.4, -0.2) is 22.4 Å². The van der Waals surface area contributed by atoms with E-state index in [1.54, 1.807) is 12.3 Å². The van der Waals surface area contributed by atoms with Gasteiger partial charge < -0.3 is 11.1 Å². The number of hydrogen-bond donors (Lipinski definition) is 2. The molecule has 0 aromatic carbocycles. The molecule has 3 N–H and O–H groups in total. The maximum atomic E-state index is 6.30. The molecule has 0 aliphatic carbocycles. The summed E-state index contributed by atoms with van der Waals surface area (Å²) < 4.78 is 1.87. The molecule has 2 rings (SSSR count). The molecule has 5 nitrogen and oxygen atoms in total. The van der Waals surface area contributed by atoms with Crippen molar-refractivity contribution in [3.8, 4) is 0 Å². The van der Waals surface area contributed by atoms with Gasteiger partial charge in [-0.3, -0.25) is 0 Å². The largest absolute Gasteiger partial charge is 0.398 e. The molecule has 0 fully saturated rings. The van der Waals surface area contributed by atoms with E-state index < -0.39 is 0 Å². The second-order valence-corrected chi connectivity index (χ2v) is 5.72. The second-order valence-electron chi connectivity index (χ2n) is 5.72. The summed E-state index contributed by atoms with van der Waals surface area (Å²) in [6, 6.07) is 5.97. The summed E-state index contributed by atoms with van der Waals surface area (Å²) in [6.45, 7) is 11.0. The Labute approximate surface area is 137 Å². The van der Waals surface area contributed by atoms with Crippen LogP contribution in [0.4, 0.5) is 0 Å². The maximum absolute atomic E-state index is 6.30. The Morgan fingerprint density at radius 3 is 2.96 bits per heavy atom. The molecule has 0 amide bonds. The fourth-order valence-corrected chi connectivity index (χ4v) is 2.32. The standard InChI is InChI=1S/C18H25N5/c1-5-10-20-14(4)21-11-9-15(19)17-16-8-6-7-12-23(16)22-18(17)13(2)3/h6-9,11-13,20H,4-5,10,19H2,1-3H3/b15-9-,21-11-. The van der Waals surface area contributed by atoms with Crippen LogP contribution in [0.1, 0.15) is 44.4 Å². The molecule has 2 heterocycles. The number of pyridine rings is 1. The van der Waals surface area contributed by atoms with E-state index in [1.807, 2.05) is 28.9 Å². The number of nitrogens with zero attached hydrogens (tertiary/aromatic N) is 3. The van der Waals surface area contributed by atoms with Gasteiger partial charge in [-0.25, -0.2) is 9.51 Å². The van der Waals surface area contributed by atoms with Crippen LogP contribution in [0, 0.1) is 0 Å². The van der Waals surface area contributed by atoms with Gasteiger partial charge in [0.05, 0.1) is 11.2 Å². The molecule has 122 valence electrons. The number of hydrogen-bond acceptors (Lipinski definition) is 4. The lowest BCUT2D eigenvalue weighted by molar-refractivity contribution is 0.765. The van der Waals surface area contributed by atoms with Crippen LogP contribution < -0.4 is 11.1 Å². The third-order valence-electron chi connectivity index (χ3n) is 3.47. The quantitative estimate of drug-likeness (QED) is 0.771. The average Bonchev–Trinajstić information content (AvgIpc) is 2.92. The Balaban J connectivity index is 2.31. The maximum Gasteiger partial charge on any atom is 0.118 e. The monoisotopic (exact) mass is 311 g/mol. The zero-order chi connectivity index (χ0) is 16.8. The van der Waals surface area contributed by atoms with Gasteiger partial charge >= 0.3 is 0 Å². The fourth-order valence-electron chi connectivity index (χ4n) is 2.32. The van der Waals surface area contributed by atoms with Crippen LogP contribution in [0.15, 0.2) is 47.9 Å². The lowest BCUT2D eigenvalue weighted by Gasteiger charge is -2.05. The van der Waals surface area contributed by atoms with Crippen molar-refractivity contribution in [2.45, 2.75) is 33.1 Å². The van der Waals surface area contributed by atoms with Crippen LogP contribution in [0.3, 0.4) is 0 Å². The molecule has 5 heteroatoms. The Morgan fingerprint density at radius 1 is 1.48 bits per heavy atom. The van der Waals surface area contributed by atoms with E-state index in [0.717, 1.165) is 29.7 Å². The highest BCUT2D eigenvalue weighted by molar-refractivity contribution is 5.89. The summed E-state index contributed by atoms with van der Waals surface area (Å²) in [7, 11) is 0. The molecule has 0 saturated carbocycles. The normalized spacial score (nSPS) is 12.4. The van der Waals surface area contributed by atoms with E-state index in [0.29, 0.717) is 11.5 Å². The Kier molecular flexibility index (Phi) is 5.57. The summed E-state index contributed by atoms with van der Waals surface area (Å²) in [6.07, 6.45) is 6.45. The zero-order valence-electron chi connectivity index (χ0n) is 14.1. The van der Waals surface area contributed by atoms with E-state index in [9.17, 15) is 0 Å². The SMILES string of the molecule is C=C(/N=C\C=C(/N)c1c(C(C)C)nn2ccccc12)NCCC. The number of allylic oxidation sites excluding steroid dienone is 1. The highest BCUT2D eigenvalue weighted by Gasteiger charge is 2.16. The highest BCUT2D eigenvalue weighted by atomic mass is 15.2. The minimum absolute atomic E-state index is 0.287. The number of fused-ring (bicyclic) bond motifs is 1. The molecule has 0 unspecified atom stereocenters. The number of nitrogens with one attached hydrogen (secondary N) is 1. The van der Waals surface area contributed by atoms with Gasteiger partial charge in [-0.15, -0.1) is 0 Å². The van der Waals surface area contributed by atoms with Crippen LogP contribution in [-0.2, 0) is 0 Å². The van der Waals surface area contributed by atoms with Crippen LogP contribution in [0.5, 0.6) is 0 Å². The molecule has 0 spiro atoms. The molecule has 0 bridgehead atoms. The predicted molar refractivity (Wildman–Crippen MR) is 97.4 cm³/mol. The van der Waals surface area contributed by atoms with Crippen LogP contribution in [0.2, 0.25) is 0 Å². The smallest absolute Gasteiger partial charge is 0.118 e. The lowest BCUT2D eigenvalue weighted by atomic mass is 10.0. The average molecular weight is 311 g/mol. The molecule has 0 saturated heterocycles. The van der Waals surface area contributed by atoms with Crippen molar-refractivity contribution in [2.75, 3.05) is 6.54 Å². The van der Waals surface area contributed by atoms with Gasteiger partial charge in [0.25, 0.3) is 0 Å². The number of aliphatic imine (C=N–C) groups is 1.